The monoisotopic (exact) mass is 365 g/mol. The molecule has 27 heavy (non-hydrogen) atoms. The number of carbonyl (C=O) groups is 2. The minimum absolute atomic E-state index is 0.143. The fourth-order valence-electron chi connectivity index (χ4n) is 2.66. The molecule has 3 rings (SSSR count). The van der Waals surface area contributed by atoms with Crippen molar-refractivity contribution in [2.45, 2.75) is 13.0 Å². The normalized spacial score (nSPS) is 11.6. The van der Waals surface area contributed by atoms with Crippen LogP contribution in [0, 0.1) is 0 Å². The molecule has 3 aromatic rings. The zero-order valence-corrected chi connectivity index (χ0v) is 14.8. The van der Waals surface area contributed by atoms with E-state index in [1.165, 1.54) is 6.26 Å². The largest absolute Gasteiger partial charge is 0.476 e. The Labute approximate surface area is 156 Å². The summed E-state index contributed by atoms with van der Waals surface area (Å²) >= 11 is 0. The van der Waals surface area contributed by atoms with Crippen LogP contribution >= 0.6 is 0 Å². The van der Waals surface area contributed by atoms with Crippen molar-refractivity contribution < 1.29 is 23.5 Å². The molecule has 1 atom stereocenters. The Balaban J connectivity index is 1.81. The van der Waals surface area contributed by atoms with Gasteiger partial charge in [-0.1, -0.05) is 42.5 Å². The Kier molecular flexibility index (Phi) is 5.56. The first-order valence-electron chi connectivity index (χ1n) is 8.46. The molecule has 6 heteroatoms. The van der Waals surface area contributed by atoms with Crippen LogP contribution in [-0.2, 0) is 9.53 Å². The van der Waals surface area contributed by atoms with Crippen molar-refractivity contribution in [2.75, 3.05) is 6.61 Å². The average Bonchev–Trinajstić information content (AvgIpc) is 3.17. The van der Waals surface area contributed by atoms with Crippen LogP contribution < -0.4 is 10.5 Å². The third-order valence-corrected chi connectivity index (χ3v) is 3.91. The smallest absolute Gasteiger partial charge is 0.374 e. The van der Waals surface area contributed by atoms with Gasteiger partial charge in [0.15, 0.2) is 0 Å². The molecular weight excluding hydrogens is 346 g/mol. The molecule has 2 aromatic carbocycles. The van der Waals surface area contributed by atoms with Gasteiger partial charge in [-0.05, 0) is 30.7 Å². The Morgan fingerprint density at radius 2 is 1.74 bits per heavy atom. The minimum atomic E-state index is -0.888. The Bertz CT molecular complexity index is 915. The number of carbonyl (C=O) groups excluding carboxylic acids is 2. The van der Waals surface area contributed by atoms with Crippen molar-refractivity contribution in [3.05, 3.63) is 78.3 Å². The van der Waals surface area contributed by atoms with E-state index in [1.54, 1.807) is 49.4 Å². The number of benzene rings is 2. The van der Waals surface area contributed by atoms with Gasteiger partial charge in [0.05, 0.1) is 12.9 Å². The van der Waals surface area contributed by atoms with Crippen LogP contribution in [0.3, 0.4) is 0 Å². The highest BCUT2D eigenvalue weighted by Gasteiger charge is 2.21. The maximum Gasteiger partial charge on any atom is 0.374 e. The average molecular weight is 365 g/mol. The van der Waals surface area contributed by atoms with Crippen LogP contribution in [0.25, 0.3) is 11.1 Å². The van der Waals surface area contributed by atoms with Crippen molar-refractivity contribution >= 4 is 11.9 Å². The van der Waals surface area contributed by atoms with E-state index < -0.39 is 18.0 Å². The van der Waals surface area contributed by atoms with Gasteiger partial charge in [0.1, 0.15) is 5.75 Å². The molecule has 0 radical (unpaired) electrons. The Morgan fingerprint density at radius 1 is 1.04 bits per heavy atom. The third kappa shape index (κ3) is 4.17. The Hall–Kier alpha value is -3.54. The Morgan fingerprint density at radius 3 is 2.37 bits per heavy atom. The van der Waals surface area contributed by atoms with Gasteiger partial charge in [-0.3, -0.25) is 4.79 Å². The predicted octanol–water partition coefficient (Wildman–Crippen LogP) is 3.73. The quantitative estimate of drug-likeness (QED) is 0.644. The van der Waals surface area contributed by atoms with Crippen LogP contribution in [0.2, 0.25) is 0 Å². The van der Waals surface area contributed by atoms with Gasteiger partial charge in [-0.15, -0.1) is 0 Å². The van der Waals surface area contributed by atoms with Crippen LogP contribution in [0.5, 0.6) is 5.75 Å². The lowest BCUT2D eigenvalue weighted by Crippen LogP contribution is -2.26. The lowest BCUT2D eigenvalue weighted by atomic mass is 10.1. The number of hydrogen-bond acceptors (Lipinski definition) is 5. The highest BCUT2D eigenvalue weighted by molar-refractivity contribution is 5.94. The fraction of sp³-hybridized carbons (Fsp3) is 0.143. The van der Waals surface area contributed by atoms with Gasteiger partial charge in [-0.2, -0.15) is 0 Å². The summed E-state index contributed by atoms with van der Waals surface area (Å²) in [5.41, 5.74) is 7.53. The lowest BCUT2D eigenvalue weighted by molar-refractivity contribution is -0.125. The maximum absolute atomic E-state index is 12.0. The van der Waals surface area contributed by atoms with Gasteiger partial charge in [0.2, 0.25) is 11.9 Å². The summed E-state index contributed by atoms with van der Waals surface area (Å²) in [5.74, 6) is -0.474. The molecule has 0 bridgehead atoms. The summed E-state index contributed by atoms with van der Waals surface area (Å²) in [4.78, 5) is 23.7. The molecule has 1 unspecified atom stereocenters. The van der Waals surface area contributed by atoms with Gasteiger partial charge < -0.3 is 19.6 Å². The molecule has 0 spiro atoms. The third-order valence-electron chi connectivity index (χ3n) is 3.91. The standard InChI is InChI=1S/C21H19NO5/c1-2-25-21(24)19-17(12-13-26-19)14-8-10-16(11-9-14)27-18(20(22)23)15-6-4-3-5-7-15/h3-13,18H,2H2,1H3,(H2,22,23). The second-order valence-corrected chi connectivity index (χ2v) is 5.72. The number of esters is 1. The van der Waals surface area contributed by atoms with E-state index in [1.807, 2.05) is 18.2 Å². The molecule has 1 amide bonds. The molecule has 0 aliphatic rings. The SMILES string of the molecule is CCOC(=O)c1occc1-c1ccc(OC(C(N)=O)c2ccccc2)cc1. The number of amides is 1. The summed E-state index contributed by atoms with van der Waals surface area (Å²) < 4.78 is 16.0. The second-order valence-electron chi connectivity index (χ2n) is 5.72. The van der Waals surface area contributed by atoms with Crippen molar-refractivity contribution in [2.24, 2.45) is 5.73 Å². The zero-order valence-electron chi connectivity index (χ0n) is 14.8. The van der Waals surface area contributed by atoms with E-state index in [0.717, 1.165) is 5.56 Å². The van der Waals surface area contributed by atoms with Gasteiger partial charge in [-0.25, -0.2) is 4.79 Å². The van der Waals surface area contributed by atoms with Crippen LogP contribution in [0.1, 0.15) is 29.1 Å². The van der Waals surface area contributed by atoms with Gasteiger partial charge in [0, 0.05) is 11.1 Å². The number of primary amides is 1. The molecule has 0 saturated carbocycles. The first-order valence-corrected chi connectivity index (χ1v) is 8.46. The van der Waals surface area contributed by atoms with E-state index in [2.05, 4.69) is 0 Å². The van der Waals surface area contributed by atoms with E-state index in [9.17, 15) is 9.59 Å². The van der Waals surface area contributed by atoms with E-state index in [0.29, 0.717) is 16.9 Å². The topological polar surface area (TPSA) is 91.8 Å². The molecule has 0 saturated heterocycles. The highest BCUT2D eigenvalue weighted by Crippen LogP contribution is 2.29. The number of hydrogen-bond donors (Lipinski definition) is 1. The number of furan rings is 1. The molecule has 138 valence electrons. The molecule has 0 aliphatic heterocycles. The molecule has 6 nitrogen and oxygen atoms in total. The number of ether oxygens (including phenoxy) is 2. The van der Waals surface area contributed by atoms with Crippen molar-refractivity contribution in [3.63, 3.8) is 0 Å². The predicted molar refractivity (Wildman–Crippen MR) is 99.1 cm³/mol. The highest BCUT2D eigenvalue weighted by atomic mass is 16.5. The summed E-state index contributed by atoms with van der Waals surface area (Å²) in [7, 11) is 0. The summed E-state index contributed by atoms with van der Waals surface area (Å²) in [6.45, 7) is 1.99. The summed E-state index contributed by atoms with van der Waals surface area (Å²) in [5, 5.41) is 0. The van der Waals surface area contributed by atoms with Gasteiger partial charge in [0.25, 0.3) is 5.91 Å². The number of rotatable bonds is 7. The lowest BCUT2D eigenvalue weighted by Gasteiger charge is -2.16. The first kappa shape index (κ1) is 18.3. The van der Waals surface area contributed by atoms with Crippen LogP contribution in [0.15, 0.2) is 71.3 Å². The zero-order chi connectivity index (χ0) is 19.2. The second kappa shape index (κ2) is 8.23. The molecule has 1 aromatic heterocycles. The molecule has 1 heterocycles. The van der Waals surface area contributed by atoms with Crippen molar-refractivity contribution in [3.8, 4) is 16.9 Å². The van der Waals surface area contributed by atoms with E-state index in [-0.39, 0.29) is 12.4 Å². The summed E-state index contributed by atoms with van der Waals surface area (Å²) in [6, 6.07) is 17.7. The van der Waals surface area contributed by atoms with Crippen molar-refractivity contribution in [1.29, 1.82) is 0 Å². The molecule has 0 aliphatic carbocycles. The molecular formula is C21H19NO5. The van der Waals surface area contributed by atoms with Gasteiger partial charge >= 0.3 is 5.97 Å². The van der Waals surface area contributed by atoms with Crippen LogP contribution in [0.4, 0.5) is 0 Å². The number of nitrogens with two attached hydrogens (primary N) is 1. The summed E-state index contributed by atoms with van der Waals surface area (Å²) in [6.07, 6.45) is 0.547. The fourth-order valence-corrected chi connectivity index (χ4v) is 2.66. The van der Waals surface area contributed by atoms with Crippen molar-refractivity contribution in [1.82, 2.24) is 0 Å². The van der Waals surface area contributed by atoms with E-state index in [4.69, 9.17) is 19.6 Å². The molecule has 0 fully saturated rings. The van der Waals surface area contributed by atoms with E-state index >= 15 is 0 Å². The first-order chi connectivity index (χ1) is 13.1. The van der Waals surface area contributed by atoms with Crippen LogP contribution in [-0.4, -0.2) is 18.5 Å². The maximum atomic E-state index is 12.0. The molecule has 2 N–H and O–H groups in total. The minimum Gasteiger partial charge on any atom is -0.476 e.